The van der Waals surface area contributed by atoms with Crippen LogP contribution in [-0.2, 0) is 0 Å². The number of anilines is 3. The maximum atomic E-state index is 6.10. The second kappa shape index (κ2) is 13.4. The zero-order valence-corrected chi connectivity index (χ0v) is 22.9. The number of piperazine rings is 1. The van der Waals surface area contributed by atoms with E-state index in [0.29, 0.717) is 17.8 Å². The molecule has 0 radical (unpaired) electrons. The molecule has 3 saturated carbocycles. The molecule has 4 fully saturated rings. The van der Waals surface area contributed by atoms with Crippen LogP contribution in [0.25, 0.3) is 0 Å². The minimum atomic E-state index is 0.229. The Morgan fingerprint density at radius 2 is 1.62 bits per heavy atom. The van der Waals surface area contributed by atoms with Crippen molar-refractivity contribution in [3.63, 3.8) is 0 Å². The largest absolute Gasteiger partial charge is 0.368 e. The van der Waals surface area contributed by atoms with Crippen molar-refractivity contribution < 1.29 is 0 Å². The molecule has 2 heterocycles. The molecule has 0 amide bonds. The van der Waals surface area contributed by atoms with Crippen molar-refractivity contribution in [2.24, 2.45) is 11.8 Å². The zero-order chi connectivity index (χ0) is 25.3. The molecule has 37 heavy (non-hydrogen) atoms. The topological polar surface area (TPSA) is 116 Å². The van der Waals surface area contributed by atoms with E-state index >= 15 is 0 Å². The van der Waals surface area contributed by atoms with Crippen LogP contribution in [0, 0.1) is 11.8 Å². The molecule has 0 bridgehead atoms. The summed E-state index contributed by atoms with van der Waals surface area (Å²) in [6.45, 7) is 7.24. The van der Waals surface area contributed by atoms with Gasteiger partial charge in [0, 0.05) is 37.8 Å². The lowest BCUT2D eigenvalue weighted by Crippen LogP contribution is -2.59. The lowest BCUT2D eigenvalue weighted by Gasteiger charge is -2.41. The monoisotopic (exact) mass is 513 g/mol. The molecule has 208 valence electrons. The van der Waals surface area contributed by atoms with Crippen LogP contribution in [0.4, 0.5) is 17.8 Å². The van der Waals surface area contributed by atoms with Crippen molar-refractivity contribution in [3.8, 4) is 0 Å². The summed E-state index contributed by atoms with van der Waals surface area (Å²) in [6, 6.07) is 0.782. The van der Waals surface area contributed by atoms with Crippen molar-refractivity contribution in [2.45, 2.75) is 101 Å². The Kier molecular flexibility index (Phi) is 9.72. The average Bonchev–Trinajstić information content (AvgIpc) is 3.37. The van der Waals surface area contributed by atoms with E-state index in [1.807, 2.05) is 0 Å². The molecule has 1 aromatic rings. The Labute approximate surface area is 223 Å². The quantitative estimate of drug-likeness (QED) is 0.284. The number of hydrogen-bond donors (Lipinski definition) is 5. The van der Waals surface area contributed by atoms with Gasteiger partial charge in [0.25, 0.3) is 0 Å². The number of nitrogens with zero attached hydrogens (tertiary/aromatic N) is 4. The Morgan fingerprint density at radius 1 is 0.865 bits per heavy atom. The summed E-state index contributed by atoms with van der Waals surface area (Å²) in [5.41, 5.74) is 6.33. The molecule has 1 saturated heterocycles. The van der Waals surface area contributed by atoms with E-state index in [2.05, 4.69) is 36.1 Å². The molecule has 5 rings (SSSR count). The fourth-order valence-corrected chi connectivity index (χ4v) is 7.12. The maximum Gasteiger partial charge on any atom is 0.232 e. The highest BCUT2D eigenvalue weighted by Crippen LogP contribution is 2.33. The highest BCUT2D eigenvalue weighted by atomic mass is 15.3. The summed E-state index contributed by atoms with van der Waals surface area (Å²) >= 11 is 0. The maximum absolute atomic E-state index is 6.10. The Balaban J connectivity index is 0.979. The van der Waals surface area contributed by atoms with Gasteiger partial charge in [-0.15, -0.1) is 0 Å². The van der Waals surface area contributed by atoms with Gasteiger partial charge in [0.2, 0.25) is 17.8 Å². The van der Waals surface area contributed by atoms with Crippen LogP contribution in [0.15, 0.2) is 0 Å². The smallest absolute Gasteiger partial charge is 0.232 e. The molecule has 9 nitrogen and oxygen atoms in total. The SMILES string of the molecule is Nc1nc(NCC2CCC(CNCCCNC3CCCCC3)CC2)nc(N2CCNC3(CCCC3)C2)n1. The summed E-state index contributed by atoms with van der Waals surface area (Å²) in [5, 5.41) is 14.7. The first-order valence-electron chi connectivity index (χ1n) is 15.4. The van der Waals surface area contributed by atoms with Crippen molar-refractivity contribution in [1.29, 1.82) is 0 Å². The third-order valence-electron chi connectivity index (χ3n) is 9.38. The molecule has 6 N–H and O–H groups in total. The predicted molar refractivity (Wildman–Crippen MR) is 152 cm³/mol. The number of nitrogens with two attached hydrogens (primary N) is 1. The third kappa shape index (κ3) is 7.90. The number of nitrogens with one attached hydrogen (secondary N) is 4. The number of hydrogen-bond acceptors (Lipinski definition) is 9. The third-order valence-corrected chi connectivity index (χ3v) is 9.38. The number of nitrogen functional groups attached to an aromatic ring is 1. The molecular formula is C28H51N9. The van der Waals surface area contributed by atoms with E-state index in [1.54, 1.807) is 0 Å². The fraction of sp³-hybridized carbons (Fsp3) is 0.893. The average molecular weight is 514 g/mol. The first kappa shape index (κ1) is 26.9. The van der Waals surface area contributed by atoms with Gasteiger partial charge in [0.15, 0.2) is 0 Å². The second-order valence-electron chi connectivity index (χ2n) is 12.3. The van der Waals surface area contributed by atoms with E-state index in [-0.39, 0.29) is 5.54 Å². The van der Waals surface area contributed by atoms with Crippen LogP contribution < -0.4 is 31.9 Å². The highest BCUT2D eigenvalue weighted by molar-refractivity contribution is 5.43. The molecule has 1 aliphatic heterocycles. The van der Waals surface area contributed by atoms with Gasteiger partial charge < -0.3 is 31.9 Å². The van der Waals surface area contributed by atoms with Crippen molar-refractivity contribution >= 4 is 17.8 Å². The molecule has 4 aliphatic rings. The first-order chi connectivity index (χ1) is 18.2. The Hall–Kier alpha value is -1.71. The highest BCUT2D eigenvalue weighted by Gasteiger charge is 2.38. The lowest BCUT2D eigenvalue weighted by molar-refractivity contribution is 0.275. The Morgan fingerprint density at radius 3 is 2.41 bits per heavy atom. The van der Waals surface area contributed by atoms with Gasteiger partial charge >= 0.3 is 0 Å². The Bertz CT molecular complexity index is 814. The van der Waals surface area contributed by atoms with Crippen LogP contribution in [0.3, 0.4) is 0 Å². The summed E-state index contributed by atoms with van der Waals surface area (Å²) in [4.78, 5) is 16.0. The van der Waals surface area contributed by atoms with Gasteiger partial charge in [-0.25, -0.2) is 0 Å². The van der Waals surface area contributed by atoms with Crippen LogP contribution in [0.2, 0.25) is 0 Å². The van der Waals surface area contributed by atoms with Crippen LogP contribution >= 0.6 is 0 Å². The lowest BCUT2D eigenvalue weighted by atomic mass is 9.82. The summed E-state index contributed by atoms with van der Waals surface area (Å²) in [6.07, 6.45) is 18.5. The molecule has 1 aromatic heterocycles. The molecule has 3 aliphatic carbocycles. The van der Waals surface area contributed by atoms with Gasteiger partial charge in [-0.1, -0.05) is 32.1 Å². The molecule has 0 atom stereocenters. The van der Waals surface area contributed by atoms with Crippen molar-refractivity contribution in [2.75, 3.05) is 61.8 Å². The molecule has 0 aromatic carbocycles. The predicted octanol–water partition coefficient (Wildman–Crippen LogP) is 3.30. The van der Waals surface area contributed by atoms with Crippen LogP contribution in [0.5, 0.6) is 0 Å². The standard InChI is InChI=1S/C28H51N9/c29-25-34-26(36-27(35-25)37-18-17-33-28(21-37)13-4-5-14-28)32-20-23-11-9-22(10-12-23)19-30-15-6-16-31-24-7-2-1-3-8-24/h22-24,30-31,33H,1-21H2,(H3,29,32,34,35,36). The number of rotatable bonds is 11. The van der Waals surface area contributed by atoms with E-state index in [9.17, 15) is 0 Å². The normalized spacial score (nSPS) is 26.5. The van der Waals surface area contributed by atoms with Gasteiger partial charge in [0.1, 0.15) is 0 Å². The van der Waals surface area contributed by atoms with Crippen LogP contribution in [-0.4, -0.2) is 72.3 Å². The van der Waals surface area contributed by atoms with Gasteiger partial charge in [-0.05, 0) is 89.3 Å². The van der Waals surface area contributed by atoms with Gasteiger partial charge in [-0.3, -0.25) is 0 Å². The minimum Gasteiger partial charge on any atom is -0.368 e. The van der Waals surface area contributed by atoms with E-state index in [4.69, 9.17) is 10.7 Å². The molecule has 9 heteroatoms. The van der Waals surface area contributed by atoms with Gasteiger partial charge in [-0.2, -0.15) is 15.0 Å². The summed E-state index contributed by atoms with van der Waals surface area (Å²) in [7, 11) is 0. The first-order valence-corrected chi connectivity index (χ1v) is 15.4. The molecular weight excluding hydrogens is 462 g/mol. The van der Waals surface area contributed by atoms with E-state index in [0.717, 1.165) is 57.2 Å². The fourth-order valence-electron chi connectivity index (χ4n) is 7.12. The van der Waals surface area contributed by atoms with Crippen LogP contribution in [0.1, 0.15) is 89.9 Å². The second-order valence-corrected chi connectivity index (χ2v) is 12.3. The summed E-state index contributed by atoms with van der Waals surface area (Å²) < 4.78 is 0. The zero-order valence-electron chi connectivity index (χ0n) is 22.9. The van der Waals surface area contributed by atoms with Gasteiger partial charge in [0.05, 0.1) is 0 Å². The van der Waals surface area contributed by atoms with Crippen molar-refractivity contribution in [1.82, 2.24) is 30.9 Å². The van der Waals surface area contributed by atoms with E-state index < -0.39 is 0 Å². The van der Waals surface area contributed by atoms with E-state index in [1.165, 1.54) is 96.4 Å². The molecule has 0 unspecified atom stereocenters. The summed E-state index contributed by atoms with van der Waals surface area (Å²) in [5.74, 6) is 3.17. The minimum absolute atomic E-state index is 0.229. The molecule has 1 spiro atoms. The number of aromatic nitrogens is 3. The van der Waals surface area contributed by atoms with Crippen molar-refractivity contribution in [3.05, 3.63) is 0 Å².